The molecule has 5 atom stereocenters. The summed E-state index contributed by atoms with van der Waals surface area (Å²) in [6, 6.07) is 2.06. The fourth-order valence-electron chi connectivity index (χ4n) is 5.95. The Bertz CT molecular complexity index is 1370. The number of carbonyl (C=O) groups is 2. The van der Waals surface area contributed by atoms with Crippen molar-refractivity contribution in [3.63, 3.8) is 0 Å². The molecule has 0 radical (unpaired) electrons. The van der Waals surface area contributed by atoms with Crippen molar-refractivity contribution in [1.82, 2.24) is 15.2 Å². The van der Waals surface area contributed by atoms with Crippen LogP contribution in [0.4, 0.5) is 25.1 Å². The molecule has 2 unspecified atom stereocenters. The number of nitrogens with one attached hydrogen (secondary N) is 1. The molecule has 2 bridgehead atoms. The largest absolute Gasteiger partial charge is 0.379 e. The van der Waals surface area contributed by atoms with Gasteiger partial charge in [0, 0.05) is 43.2 Å². The van der Waals surface area contributed by atoms with Crippen molar-refractivity contribution < 1.29 is 38.5 Å². The molecule has 4 heterocycles. The molecule has 1 aromatic heterocycles. The number of likely N-dealkylation sites (tertiary alicyclic amines) is 1. The first-order chi connectivity index (χ1) is 19.7. The van der Waals surface area contributed by atoms with Gasteiger partial charge in [0.05, 0.1) is 24.9 Å². The SMILES string of the molecule is CO[C@@H]1C[C@H](C(=O)N(c2ccc(S(F)(F)(F)(F)F)cc2)[C@@H](C(=O)NC2CC3CCC(C2)O3)c2cccnc2)N(C#N)C1. The molecule has 0 aliphatic carbocycles. The number of methoxy groups -OCH3 is 1. The zero-order valence-electron chi connectivity index (χ0n) is 22.5. The summed E-state index contributed by atoms with van der Waals surface area (Å²) in [4.78, 5) is 32.3. The van der Waals surface area contributed by atoms with E-state index in [9.17, 15) is 34.3 Å². The van der Waals surface area contributed by atoms with Gasteiger partial charge in [0.25, 0.3) is 5.91 Å². The maximum atomic E-state index is 14.2. The zero-order chi connectivity index (χ0) is 30.3. The molecule has 0 spiro atoms. The Hall–Kier alpha value is -3.48. The lowest BCUT2D eigenvalue weighted by Crippen LogP contribution is -2.52. The van der Waals surface area contributed by atoms with E-state index in [1.165, 1.54) is 36.5 Å². The summed E-state index contributed by atoms with van der Waals surface area (Å²) >= 11 is 0. The van der Waals surface area contributed by atoms with Crippen molar-refractivity contribution in [2.45, 2.75) is 73.4 Å². The van der Waals surface area contributed by atoms with Crippen molar-refractivity contribution in [2.75, 3.05) is 18.6 Å². The topological polar surface area (TPSA) is 108 Å². The van der Waals surface area contributed by atoms with E-state index in [1.54, 1.807) is 0 Å². The molecule has 5 rings (SSSR count). The van der Waals surface area contributed by atoms with Crippen molar-refractivity contribution in [3.05, 3.63) is 54.4 Å². The van der Waals surface area contributed by atoms with E-state index in [-0.39, 0.29) is 54.6 Å². The summed E-state index contributed by atoms with van der Waals surface area (Å²) in [5, 5.41) is 12.7. The van der Waals surface area contributed by atoms with Crippen molar-refractivity contribution in [3.8, 4) is 6.19 Å². The number of carbonyl (C=O) groups excluding carboxylic acids is 2. The average molecular weight is 616 g/mol. The molecular weight excluding hydrogens is 585 g/mol. The smallest absolute Gasteiger partial charge is 0.310 e. The molecule has 0 saturated carbocycles. The van der Waals surface area contributed by atoms with Crippen LogP contribution in [0.2, 0.25) is 0 Å². The van der Waals surface area contributed by atoms with Gasteiger partial charge in [-0.15, -0.1) is 0 Å². The number of nitrogens with zero attached hydrogens (tertiary/aromatic N) is 4. The highest BCUT2D eigenvalue weighted by molar-refractivity contribution is 8.45. The van der Waals surface area contributed by atoms with Crippen LogP contribution in [0.3, 0.4) is 0 Å². The van der Waals surface area contributed by atoms with E-state index in [1.807, 2.05) is 6.19 Å². The van der Waals surface area contributed by atoms with Crippen LogP contribution < -0.4 is 10.2 Å². The number of amides is 2. The molecule has 3 aliphatic rings. The van der Waals surface area contributed by atoms with Gasteiger partial charge in [-0.1, -0.05) is 25.5 Å². The first-order valence-corrected chi connectivity index (χ1v) is 15.3. The fourth-order valence-corrected chi connectivity index (χ4v) is 6.60. The molecule has 3 saturated heterocycles. The van der Waals surface area contributed by atoms with Crippen molar-refractivity contribution in [2.24, 2.45) is 0 Å². The van der Waals surface area contributed by atoms with Gasteiger partial charge < -0.3 is 14.8 Å². The van der Waals surface area contributed by atoms with Crippen LogP contribution in [0.5, 0.6) is 0 Å². The third-order valence-electron chi connectivity index (χ3n) is 7.95. The summed E-state index contributed by atoms with van der Waals surface area (Å²) in [5.41, 5.74) is 0.000347. The van der Waals surface area contributed by atoms with Crippen molar-refractivity contribution >= 4 is 27.7 Å². The van der Waals surface area contributed by atoms with Gasteiger partial charge in [-0.3, -0.25) is 24.4 Å². The second-order valence-corrected chi connectivity index (χ2v) is 13.3. The predicted molar refractivity (Wildman–Crippen MR) is 143 cm³/mol. The Kier molecular flexibility index (Phi) is 7.39. The van der Waals surface area contributed by atoms with E-state index in [2.05, 4.69) is 10.3 Å². The number of ether oxygens (including phenoxy) is 2. The Morgan fingerprint density at radius 1 is 1.12 bits per heavy atom. The quantitative estimate of drug-likeness (QED) is 0.321. The number of rotatable bonds is 8. The van der Waals surface area contributed by atoms with Crippen LogP contribution >= 0.6 is 10.2 Å². The van der Waals surface area contributed by atoms with Gasteiger partial charge in [0.1, 0.15) is 17.0 Å². The van der Waals surface area contributed by atoms with E-state index in [0.717, 1.165) is 29.9 Å². The second kappa shape index (κ2) is 10.4. The normalized spacial score (nSPS) is 27.8. The number of hydrogen-bond acceptors (Lipinski definition) is 7. The van der Waals surface area contributed by atoms with Crippen molar-refractivity contribution in [1.29, 1.82) is 5.26 Å². The van der Waals surface area contributed by atoms with Gasteiger partial charge in [-0.2, -0.15) is 5.26 Å². The summed E-state index contributed by atoms with van der Waals surface area (Å²) in [6.45, 7) is 0.0784. The highest BCUT2D eigenvalue weighted by Gasteiger charge is 2.65. The maximum absolute atomic E-state index is 14.2. The summed E-state index contributed by atoms with van der Waals surface area (Å²) in [7, 11) is -8.61. The number of hydrogen-bond donors (Lipinski definition) is 1. The van der Waals surface area contributed by atoms with Gasteiger partial charge in [-0.05, 0) is 56.0 Å². The van der Waals surface area contributed by atoms with Crippen LogP contribution in [0.15, 0.2) is 53.7 Å². The number of fused-ring (bicyclic) bond motifs is 2. The lowest BCUT2D eigenvalue weighted by molar-refractivity contribution is -0.129. The third-order valence-corrected chi connectivity index (χ3v) is 9.11. The lowest BCUT2D eigenvalue weighted by Gasteiger charge is -2.41. The number of pyridine rings is 1. The standard InChI is InChI=1S/C27H30F5N5O4S/c1-40-22-13-24(36(15-22)16-33)27(39)37(19-4-8-23(9-5-19)42(28,29,30,31)32)25(17-3-2-10-34-14-17)26(38)35-18-11-20-6-7-21(12-18)41-20/h2-5,8-10,14,18,20-22,24-25H,6-7,11-13,15H2,1H3,(H,35,38)/t18?,20?,21?,22-,24-,25-/m1/s1. The zero-order valence-corrected chi connectivity index (χ0v) is 23.4. The van der Waals surface area contributed by atoms with Gasteiger partial charge in [0.15, 0.2) is 6.19 Å². The molecule has 3 aliphatic heterocycles. The molecule has 42 heavy (non-hydrogen) atoms. The van der Waals surface area contributed by atoms with Crippen LogP contribution in [-0.2, 0) is 19.1 Å². The van der Waals surface area contributed by atoms with E-state index >= 15 is 0 Å². The monoisotopic (exact) mass is 615 g/mol. The average Bonchev–Trinajstić information content (AvgIpc) is 3.52. The molecule has 228 valence electrons. The predicted octanol–water partition coefficient (Wildman–Crippen LogP) is 5.21. The molecule has 1 N–H and O–H groups in total. The molecule has 3 fully saturated rings. The molecule has 2 aromatic rings. The number of halogens is 5. The molecule has 9 nitrogen and oxygen atoms in total. The fraction of sp³-hybridized carbons (Fsp3) is 0.481. The van der Waals surface area contributed by atoms with Crippen LogP contribution in [0.1, 0.15) is 43.7 Å². The minimum atomic E-state index is -10.0. The summed E-state index contributed by atoms with van der Waals surface area (Å²) in [5.74, 6) is -1.42. The lowest BCUT2D eigenvalue weighted by atomic mass is 10.00. The summed E-state index contributed by atoms with van der Waals surface area (Å²) in [6.07, 6.45) is 7.07. The second-order valence-electron chi connectivity index (χ2n) is 10.9. The number of aromatic nitrogens is 1. The van der Waals surface area contributed by atoms with Gasteiger partial charge in [-0.25, -0.2) is 0 Å². The third kappa shape index (κ3) is 6.30. The van der Waals surface area contributed by atoms with Crippen LogP contribution in [0.25, 0.3) is 0 Å². The first-order valence-electron chi connectivity index (χ1n) is 13.4. The number of benzene rings is 1. The van der Waals surface area contributed by atoms with Crippen LogP contribution in [0, 0.1) is 11.5 Å². The minimum Gasteiger partial charge on any atom is -0.379 e. The highest BCUT2D eigenvalue weighted by atomic mass is 32.5. The molecule has 1 aromatic carbocycles. The Morgan fingerprint density at radius 3 is 2.33 bits per heavy atom. The highest BCUT2D eigenvalue weighted by Crippen LogP contribution is 3.02. The van der Waals surface area contributed by atoms with E-state index in [4.69, 9.17) is 9.47 Å². The Balaban J connectivity index is 1.57. The minimum absolute atomic E-state index is 0.0169. The maximum Gasteiger partial charge on any atom is 0.310 e. The molecule has 15 heteroatoms. The number of anilines is 1. The van der Waals surface area contributed by atoms with E-state index in [0.29, 0.717) is 12.8 Å². The van der Waals surface area contributed by atoms with E-state index < -0.39 is 45.1 Å². The number of nitriles is 1. The molecular formula is C27H30F5N5O4S. The Labute approximate surface area is 239 Å². The molecule has 2 amide bonds. The summed E-state index contributed by atoms with van der Waals surface area (Å²) < 4.78 is 78.8. The van der Waals surface area contributed by atoms with Gasteiger partial charge in [0.2, 0.25) is 5.91 Å². The van der Waals surface area contributed by atoms with Gasteiger partial charge >= 0.3 is 10.2 Å². The Morgan fingerprint density at radius 2 is 1.79 bits per heavy atom. The first kappa shape index (κ1) is 30.0. The van der Waals surface area contributed by atoms with Crippen LogP contribution in [-0.4, -0.2) is 65.7 Å².